The van der Waals surface area contributed by atoms with Gasteiger partial charge in [-0.3, -0.25) is 0 Å². The van der Waals surface area contributed by atoms with E-state index in [0.29, 0.717) is 0 Å². The largest absolute Gasteiger partial charge is 0.550 e. The normalized spacial score (nSPS) is 7.20. The summed E-state index contributed by atoms with van der Waals surface area (Å²) in [5, 5.41) is 37.1. The van der Waals surface area contributed by atoms with Crippen LogP contribution >= 0.6 is 0 Å². The topological polar surface area (TPSA) is 197 Å². The number of rotatable bonds is 4. The Kier molecular flexibility index (Phi) is 41.3. The zero-order valence-electron chi connectivity index (χ0n) is 14.1. The molecular weight excluding hydrogens is 580 g/mol. The van der Waals surface area contributed by atoms with Gasteiger partial charge in [-0.15, -0.1) is 0 Å². The molecule has 0 aromatic heterocycles. The van der Waals surface area contributed by atoms with E-state index in [1.54, 1.807) is 27.7 Å². The third-order valence-corrected chi connectivity index (χ3v) is 1.05. The molecule has 0 aliphatic heterocycles. The molecule has 0 rings (SSSR count). The maximum absolute atomic E-state index is 9.27. The molecule has 0 heterocycles. The van der Waals surface area contributed by atoms with E-state index in [1.807, 2.05) is 0 Å². The molecule has 0 aliphatic rings. The molecule has 150 valence electrons. The van der Waals surface area contributed by atoms with Crippen LogP contribution in [0.3, 0.4) is 0 Å². The third kappa shape index (κ3) is 87.7. The van der Waals surface area contributed by atoms with E-state index >= 15 is 0 Å². The van der Waals surface area contributed by atoms with Crippen LogP contribution in [0, 0.1) is 29.2 Å². The summed E-state index contributed by atoms with van der Waals surface area (Å²) in [5.74, 6) is 0. The Labute approximate surface area is 166 Å². The molecule has 0 radical (unpaired) electrons. The Morgan fingerprint density at radius 3 is 0.640 bits per heavy atom. The fraction of sp³-hybridized carbons (Fsp3) is 0.667. The van der Waals surface area contributed by atoms with Gasteiger partial charge < -0.3 is 58.6 Å². The van der Waals surface area contributed by atoms with Crippen LogP contribution in [0.5, 0.6) is 0 Å². The van der Waals surface area contributed by atoms with Crippen molar-refractivity contribution >= 4 is 24.6 Å². The zero-order chi connectivity index (χ0) is 20.0. The van der Waals surface area contributed by atoms with Crippen molar-refractivity contribution < 1.29 is 87.7 Å². The predicted octanol–water partition coefficient (Wildman–Crippen LogP) is -2.54. The average molecular weight is 600 g/mol. The van der Waals surface area contributed by atoms with Crippen LogP contribution in [0.2, 0.25) is 0 Å². The van der Waals surface area contributed by atoms with Crippen molar-refractivity contribution in [2.24, 2.45) is 0 Å². The molecule has 0 saturated heterocycles. The molecule has 0 aliphatic carbocycles. The molecule has 0 aromatic rings. The van der Waals surface area contributed by atoms with Crippen molar-refractivity contribution in [1.82, 2.24) is 0 Å². The van der Waals surface area contributed by atoms with Gasteiger partial charge in [-0.2, -0.15) is 0 Å². The summed E-state index contributed by atoms with van der Waals surface area (Å²) >= 11 is 0. The number of hydrogen-bond donors (Lipinski definition) is 0. The van der Waals surface area contributed by atoms with Crippen molar-refractivity contribution in [3.05, 3.63) is 0 Å². The Morgan fingerprint density at radius 1 is 0.520 bits per heavy atom. The summed E-state index contributed by atoms with van der Waals surface area (Å²) in [4.78, 5) is 37.1. The second-order valence-electron chi connectivity index (χ2n) is 2.73. The molecule has 0 N–H and O–H groups in total. The second-order valence-corrected chi connectivity index (χ2v) is 2.73. The van der Waals surface area contributed by atoms with Crippen molar-refractivity contribution in [1.29, 1.82) is 0 Å². The molecule has 0 amide bonds. The predicted molar refractivity (Wildman–Crippen MR) is 68.1 cm³/mol. The van der Waals surface area contributed by atoms with E-state index in [9.17, 15) is 39.6 Å². The van der Waals surface area contributed by atoms with Crippen molar-refractivity contribution in [2.75, 3.05) is 26.4 Å². The number of hydrogen-bond acceptors (Lipinski definition) is 12. The van der Waals surface area contributed by atoms with Gasteiger partial charge in [0.25, 0.3) is 24.6 Å². The molecule has 0 unspecified atom stereocenters. The first-order valence-electron chi connectivity index (χ1n) is 6.43. The number of carbonyl (C=O) groups excluding carboxylic acids is 4. The smallest absolute Gasteiger partial charge is 0.251 e. The number of ether oxygens (including phenoxy) is 4. The first-order valence-corrected chi connectivity index (χ1v) is 6.43. The van der Waals surface area contributed by atoms with Gasteiger partial charge in [-0.05, 0) is 27.7 Å². The molecule has 0 spiro atoms. The van der Waals surface area contributed by atoms with Crippen molar-refractivity contribution in [3.8, 4) is 0 Å². The van der Waals surface area contributed by atoms with Crippen LogP contribution in [0.4, 0.5) is 19.2 Å². The van der Waals surface area contributed by atoms with Crippen LogP contribution in [-0.2, 0) is 18.9 Å². The summed E-state index contributed by atoms with van der Waals surface area (Å²) in [6.45, 7) is 6.99. The van der Waals surface area contributed by atoms with Crippen molar-refractivity contribution in [2.45, 2.75) is 27.7 Å². The fourth-order valence-electron chi connectivity index (χ4n) is 0.471. The summed E-state index contributed by atoms with van der Waals surface area (Å²) < 4.78 is 15.4. The Hall–Kier alpha value is -1.93. The van der Waals surface area contributed by atoms with Crippen LogP contribution in [0.15, 0.2) is 0 Å². The van der Waals surface area contributed by atoms with E-state index < -0.39 is 24.6 Å². The monoisotopic (exact) mass is 594 g/mol. The first kappa shape index (κ1) is 34.4. The molecule has 25 heavy (non-hydrogen) atoms. The Morgan fingerprint density at radius 2 is 0.640 bits per heavy atom. The molecule has 0 saturated carbocycles. The summed E-state index contributed by atoms with van der Waals surface area (Å²) in [6, 6.07) is 0. The molecule has 0 fully saturated rings. The van der Waals surface area contributed by atoms with Gasteiger partial charge in [0.15, 0.2) is 0 Å². The zero-order valence-corrected chi connectivity index (χ0v) is 17.5. The van der Waals surface area contributed by atoms with Gasteiger partial charge in [-0.1, -0.05) is 0 Å². The third-order valence-electron chi connectivity index (χ3n) is 1.05. The number of carboxylic acid groups (broad SMARTS) is 4. The van der Waals surface area contributed by atoms with Gasteiger partial charge >= 0.3 is 0 Å². The van der Waals surface area contributed by atoms with E-state index in [2.05, 4.69) is 18.9 Å². The quantitative estimate of drug-likeness (QED) is 0.243. The first-order chi connectivity index (χ1) is 11.1. The molecule has 0 aromatic carbocycles. The second kappa shape index (κ2) is 30.0. The standard InChI is InChI=1S/4C3H6O3.Pu/c4*1-2-6-3(4)5;/h4*2H2,1H3,(H,4,5);/p-4. The van der Waals surface area contributed by atoms with E-state index in [1.165, 1.54) is 0 Å². The molecule has 13 heteroatoms. The maximum Gasteiger partial charge on any atom is 0.251 e. The van der Waals surface area contributed by atoms with Gasteiger partial charge in [0, 0.05) is 55.6 Å². The van der Waals surface area contributed by atoms with Crippen LogP contribution in [-0.4, -0.2) is 51.0 Å². The van der Waals surface area contributed by atoms with Gasteiger partial charge in [0.2, 0.25) is 0 Å². The van der Waals surface area contributed by atoms with Gasteiger partial charge in [0.1, 0.15) is 0 Å². The molecule has 12 nitrogen and oxygen atoms in total. The maximum atomic E-state index is 9.27. The fourth-order valence-corrected chi connectivity index (χ4v) is 0.471. The molecular formula is C12H20O12Pu-4. The van der Waals surface area contributed by atoms with E-state index in [-0.39, 0.29) is 55.6 Å². The van der Waals surface area contributed by atoms with Crippen LogP contribution in [0.1, 0.15) is 27.7 Å². The summed E-state index contributed by atoms with van der Waals surface area (Å²) in [7, 11) is 0. The summed E-state index contributed by atoms with van der Waals surface area (Å²) in [6.07, 6.45) is -5.84. The minimum atomic E-state index is -1.46. The minimum Gasteiger partial charge on any atom is -0.550 e. The van der Waals surface area contributed by atoms with E-state index in [4.69, 9.17) is 0 Å². The van der Waals surface area contributed by atoms with Crippen molar-refractivity contribution in [3.63, 3.8) is 0 Å². The van der Waals surface area contributed by atoms with Gasteiger partial charge in [0.05, 0.1) is 0 Å². The molecule has 0 atom stereocenters. The SMILES string of the molecule is CCOC(=O)[O-].CCOC(=O)[O-].CCOC(=O)[O-].CCOC(=O)[O-].[Pu]. The summed E-state index contributed by atoms with van der Waals surface area (Å²) in [5.41, 5.74) is 0. The van der Waals surface area contributed by atoms with Gasteiger partial charge in [-0.25, -0.2) is 0 Å². The van der Waals surface area contributed by atoms with Crippen LogP contribution in [0.25, 0.3) is 0 Å². The molecule has 0 bridgehead atoms. The van der Waals surface area contributed by atoms with E-state index in [0.717, 1.165) is 0 Å². The Balaban J connectivity index is -0.0000000702. The Bertz CT molecular complexity index is 270. The van der Waals surface area contributed by atoms with Crippen LogP contribution < -0.4 is 20.4 Å². The number of carbonyl (C=O) groups is 4. The average Bonchev–Trinajstić information content (AvgIpc) is 2.39. The minimum absolute atomic E-state index is 0.